The summed E-state index contributed by atoms with van der Waals surface area (Å²) in [6.07, 6.45) is 0. The largest absolute Gasteiger partial charge is 0.495 e. The number of para-hydroxylation sites is 1. The maximum Gasteiger partial charge on any atom is 0.495 e. The Bertz CT molecular complexity index is 1480. The smallest absolute Gasteiger partial charge is 0.455 e. The standard InChI is InChI=1S/C28H25BO3/c1-27(2)28(3,4)32-29(31-27)24-15-8-7-12-20(24)21-13-9-14-22-23-16-18-10-5-6-11-19(18)17-25(23)30-26(21)22/h5-17H,1-4H3. The zero-order valence-corrected chi connectivity index (χ0v) is 18.8. The normalized spacial score (nSPS) is 17.6. The van der Waals surface area contributed by atoms with Crippen molar-refractivity contribution in [3.05, 3.63) is 78.9 Å². The van der Waals surface area contributed by atoms with Gasteiger partial charge >= 0.3 is 7.12 Å². The van der Waals surface area contributed by atoms with Crippen LogP contribution in [0.15, 0.2) is 83.3 Å². The van der Waals surface area contributed by atoms with E-state index in [-0.39, 0.29) is 0 Å². The monoisotopic (exact) mass is 420 g/mol. The quantitative estimate of drug-likeness (QED) is 0.298. The summed E-state index contributed by atoms with van der Waals surface area (Å²) in [7, 11) is -0.432. The zero-order valence-electron chi connectivity index (χ0n) is 18.8. The maximum absolute atomic E-state index is 6.46. The molecule has 0 atom stereocenters. The highest BCUT2D eigenvalue weighted by molar-refractivity contribution is 6.64. The maximum atomic E-state index is 6.46. The number of rotatable bonds is 2. The van der Waals surface area contributed by atoms with Crippen LogP contribution in [0.3, 0.4) is 0 Å². The van der Waals surface area contributed by atoms with E-state index in [4.69, 9.17) is 13.7 Å². The first-order chi connectivity index (χ1) is 15.3. The highest BCUT2D eigenvalue weighted by Gasteiger charge is 2.52. The molecule has 0 N–H and O–H groups in total. The van der Waals surface area contributed by atoms with Gasteiger partial charge in [-0.3, -0.25) is 0 Å². The lowest BCUT2D eigenvalue weighted by Gasteiger charge is -2.32. The molecule has 2 heterocycles. The van der Waals surface area contributed by atoms with Crippen molar-refractivity contribution in [1.82, 2.24) is 0 Å². The second kappa shape index (κ2) is 6.71. The molecule has 3 nitrogen and oxygen atoms in total. The molecule has 4 heteroatoms. The Hall–Kier alpha value is -3.08. The molecule has 0 aliphatic carbocycles. The predicted octanol–water partition coefficient (Wildman–Crippen LogP) is 6.71. The fourth-order valence-corrected chi connectivity index (χ4v) is 4.61. The van der Waals surface area contributed by atoms with E-state index in [0.29, 0.717) is 0 Å². The van der Waals surface area contributed by atoms with Crippen LogP contribution < -0.4 is 5.46 Å². The number of hydrogen-bond donors (Lipinski definition) is 0. The highest BCUT2D eigenvalue weighted by atomic mass is 16.7. The van der Waals surface area contributed by atoms with Crippen LogP contribution in [0.5, 0.6) is 0 Å². The van der Waals surface area contributed by atoms with Gasteiger partial charge in [-0.1, -0.05) is 66.7 Å². The Morgan fingerprint density at radius 1 is 0.625 bits per heavy atom. The summed E-state index contributed by atoms with van der Waals surface area (Å²) in [5, 5.41) is 4.64. The summed E-state index contributed by atoms with van der Waals surface area (Å²) < 4.78 is 19.2. The Morgan fingerprint density at radius 2 is 1.25 bits per heavy atom. The first kappa shape index (κ1) is 19.6. The molecule has 1 saturated heterocycles. The van der Waals surface area contributed by atoms with Crippen LogP contribution >= 0.6 is 0 Å². The molecule has 0 radical (unpaired) electrons. The fraction of sp³-hybridized carbons (Fsp3) is 0.214. The van der Waals surface area contributed by atoms with E-state index in [0.717, 1.165) is 38.5 Å². The average Bonchev–Trinajstić information content (AvgIpc) is 3.24. The molecule has 32 heavy (non-hydrogen) atoms. The molecule has 0 unspecified atom stereocenters. The SMILES string of the molecule is CC1(C)OB(c2ccccc2-c2cccc3c2oc2cc4ccccc4cc23)OC1(C)C. The van der Waals surface area contributed by atoms with Crippen LogP contribution in [0.2, 0.25) is 0 Å². The van der Waals surface area contributed by atoms with Crippen LogP contribution in [0, 0.1) is 0 Å². The van der Waals surface area contributed by atoms with Crippen LogP contribution in [-0.4, -0.2) is 18.3 Å². The van der Waals surface area contributed by atoms with Crippen molar-refractivity contribution < 1.29 is 13.7 Å². The van der Waals surface area contributed by atoms with Gasteiger partial charge in [-0.2, -0.15) is 0 Å². The third kappa shape index (κ3) is 2.83. The minimum absolute atomic E-state index is 0.393. The Kier molecular flexibility index (Phi) is 4.11. The van der Waals surface area contributed by atoms with Crippen LogP contribution in [0.1, 0.15) is 27.7 Å². The van der Waals surface area contributed by atoms with Crippen molar-refractivity contribution in [2.45, 2.75) is 38.9 Å². The van der Waals surface area contributed by atoms with E-state index in [9.17, 15) is 0 Å². The van der Waals surface area contributed by atoms with Gasteiger partial charge in [0.25, 0.3) is 0 Å². The van der Waals surface area contributed by atoms with Crippen molar-refractivity contribution in [3.63, 3.8) is 0 Å². The summed E-state index contributed by atoms with van der Waals surface area (Å²) in [5.74, 6) is 0. The molecular weight excluding hydrogens is 395 g/mol. The van der Waals surface area contributed by atoms with E-state index < -0.39 is 18.3 Å². The number of furan rings is 1. The molecule has 0 bridgehead atoms. The molecule has 6 rings (SSSR count). The summed E-state index contributed by atoms with van der Waals surface area (Å²) in [6, 6.07) is 27.4. The van der Waals surface area contributed by atoms with E-state index in [2.05, 4.69) is 100 Å². The second-order valence-electron chi connectivity index (χ2n) is 9.66. The summed E-state index contributed by atoms with van der Waals surface area (Å²) >= 11 is 0. The molecule has 5 aromatic rings. The lowest BCUT2D eigenvalue weighted by atomic mass is 9.74. The van der Waals surface area contributed by atoms with Crippen molar-refractivity contribution in [3.8, 4) is 11.1 Å². The molecule has 0 saturated carbocycles. The van der Waals surface area contributed by atoms with Crippen molar-refractivity contribution >= 4 is 45.3 Å². The fourth-order valence-electron chi connectivity index (χ4n) is 4.61. The van der Waals surface area contributed by atoms with Crippen LogP contribution in [0.25, 0.3) is 43.8 Å². The molecular formula is C28H25BO3. The van der Waals surface area contributed by atoms with Crippen LogP contribution in [0.4, 0.5) is 0 Å². The first-order valence-electron chi connectivity index (χ1n) is 11.1. The molecule has 0 spiro atoms. The number of hydrogen-bond acceptors (Lipinski definition) is 3. The van der Waals surface area contributed by atoms with Gasteiger partial charge in [0.1, 0.15) is 11.2 Å². The predicted molar refractivity (Wildman–Crippen MR) is 132 cm³/mol. The minimum atomic E-state index is -0.432. The van der Waals surface area contributed by atoms with Gasteiger partial charge < -0.3 is 13.7 Å². The average molecular weight is 420 g/mol. The first-order valence-corrected chi connectivity index (χ1v) is 11.1. The molecule has 158 valence electrons. The summed E-state index contributed by atoms with van der Waals surface area (Å²) in [5.41, 5.74) is 4.14. The Balaban J connectivity index is 1.56. The molecule has 1 fully saturated rings. The lowest BCUT2D eigenvalue weighted by molar-refractivity contribution is 0.00578. The van der Waals surface area contributed by atoms with E-state index in [1.54, 1.807) is 0 Å². The third-order valence-corrected chi connectivity index (χ3v) is 7.12. The molecule has 1 aliphatic rings. The zero-order chi connectivity index (χ0) is 22.1. The van der Waals surface area contributed by atoms with Gasteiger partial charge in [-0.15, -0.1) is 0 Å². The van der Waals surface area contributed by atoms with Gasteiger partial charge in [-0.05, 0) is 61.6 Å². The third-order valence-electron chi connectivity index (χ3n) is 7.12. The lowest BCUT2D eigenvalue weighted by Crippen LogP contribution is -2.41. The van der Waals surface area contributed by atoms with Crippen molar-refractivity contribution in [1.29, 1.82) is 0 Å². The Labute approximate surface area is 188 Å². The summed E-state index contributed by atoms with van der Waals surface area (Å²) in [6.45, 7) is 8.33. The van der Waals surface area contributed by atoms with Gasteiger partial charge in [0.2, 0.25) is 0 Å². The topological polar surface area (TPSA) is 31.6 Å². The van der Waals surface area contributed by atoms with Gasteiger partial charge in [-0.25, -0.2) is 0 Å². The molecule has 1 aliphatic heterocycles. The van der Waals surface area contributed by atoms with E-state index in [1.165, 1.54) is 10.8 Å². The van der Waals surface area contributed by atoms with Crippen molar-refractivity contribution in [2.75, 3.05) is 0 Å². The van der Waals surface area contributed by atoms with Gasteiger partial charge in [0.15, 0.2) is 0 Å². The van der Waals surface area contributed by atoms with Gasteiger partial charge in [0.05, 0.1) is 11.2 Å². The van der Waals surface area contributed by atoms with E-state index in [1.807, 2.05) is 6.07 Å². The van der Waals surface area contributed by atoms with Gasteiger partial charge in [0, 0.05) is 16.3 Å². The summed E-state index contributed by atoms with van der Waals surface area (Å²) in [4.78, 5) is 0. The second-order valence-corrected chi connectivity index (χ2v) is 9.66. The number of benzene rings is 4. The van der Waals surface area contributed by atoms with E-state index >= 15 is 0 Å². The minimum Gasteiger partial charge on any atom is -0.455 e. The molecule has 1 aromatic heterocycles. The van der Waals surface area contributed by atoms with Crippen LogP contribution in [-0.2, 0) is 9.31 Å². The highest BCUT2D eigenvalue weighted by Crippen LogP contribution is 2.40. The Morgan fingerprint density at radius 3 is 2.00 bits per heavy atom. The van der Waals surface area contributed by atoms with Crippen molar-refractivity contribution in [2.24, 2.45) is 0 Å². The molecule has 0 amide bonds. The molecule has 4 aromatic carbocycles. The number of fused-ring (bicyclic) bond motifs is 4.